The summed E-state index contributed by atoms with van der Waals surface area (Å²) in [5, 5.41) is 3.99. The number of benzene rings is 2. The Bertz CT molecular complexity index is 714. The third-order valence-electron chi connectivity index (χ3n) is 3.77. The van der Waals surface area contributed by atoms with Gasteiger partial charge in [0.15, 0.2) is 6.10 Å². The van der Waals surface area contributed by atoms with Crippen molar-refractivity contribution >= 4 is 27.5 Å². The fourth-order valence-electron chi connectivity index (χ4n) is 2.51. The lowest BCUT2D eigenvalue weighted by atomic mass is 10.0. The maximum atomic E-state index is 12.5. The van der Waals surface area contributed by atoms with E-state index in [1.165, 1.54) is 0 Å². The zero-order chi connectivity index (χ0) is 16.2. The van der Waals surface area contributed by atoms with Gasteiger partial charge in [0.2, 0.25) is 0 Å². The maximum Gasteiger partial charge on any atom is 0.271 e. The molecule has 4 nitrogen and oxygen atoms in total. The minimum atomic E-state index is -0.170. The van der Waals surface area contributed by atoms with Crippen molar-refractivity contribution in [3.63, 3.8) is 0 Å². The van der Waals surface area contributed by atoms with E-state index >= 15 is 0 Å². The van der Waals surface area contributed by atoms with E-state index in [-0.39, 0.29) is 12.0 Å². The van der Waals surface area contributed by atoms with Gasteiger partial charge in [0.05, 0.1) is 0 Å². The number of hydrogen-bond donors (Lipinski definition) is 0. The van der Waals surface area contributed by atoms with Crippen LogP contribution >= 0.6 is 15.9 Å². The quantitative estimate of drug-likeness (QED) is 0.815. The first-order valence-electron chi connectivity index (χ1n) is 7.41. The highest BCUT2D eigenvalue weighted by Crippen LogP contribution is 2.27. The Morgan fingerprint density at radius 3 is 2.61 bits per heavy atom. The first-order chi connectivity index (χ1) is 11.1. The molecule has 0 saturated carbocycles. The van der Waals surface area contributed by atoms with E-state index in [1.807, 2.05) is 54.6 Å². The van der Waals surface area contributed by atoms with Gasteiger partial charge in [-0.25, -0.2) is 0 Å². The predicted octanol–water partition coefficient (Wildman–Crippen LogP) is 3.93. The largest absolute Gasteiger partial charge is 0.387 e. The van der Waals surface area contributed by atoms with Crippen molar-refractivity contribution in [2.24, 2.45) is 5.16 Å². The van der Waals surface area contributed by atoms with Gasteiger partial charge in [0.25, 0.3) is 5.91 Å². The molecular weight excluding hydrogens is 356 g/mol. The van der Waals surface area contributed by atoms with Crippen LogP contribution in [0.15, 0.2) is 64.2 Å². The number of amides is 1. The van der Waals surface area contributed by atoms with Crippen molar-refractivity contribution in [2.75, 3.05) is 7.05 Å². The highest BCUT2D eigenvalue weighted by atomic mass is 79.9. The molecule has 0 radical (unpaired) electrons. The Morgan fingerprint density at radius 2 is 1.91 bits per heavy atom. The average molecular weight is 373 g/mol. The summed E-state index contributed by atoms with van der Waals surface area (Å²) in [4.78, 5) is 19.6. The molecule has 0 fully saturated rings. The Morgan fingerprint density at radius 1 is 1.22 bits per heavy atom. The molecule has 1 aliphatic heterocycles. The van der Waals surface area contributed by atoms with Crippen molar-refractivity contribution in [2.45, 2.75) is 19.1 Å². The van der Waals surface area contributed by atoms with Crippen LogP contribution in [-0.2, 0) is 16.2 Å². The average Bonchev–Trinajstić information content (AvgIpc) is 3.07. The fraction of sp³-hybridized carbons (Fsp3) is 0.222. The van der Waals surface area contributed by atoms with Crippen molar-refractivity contribution in [3.8, 4) is 0 Å². The van der Waals surface area contributed by atoms with Gasteiger partial charge in [-0.15, -0.1) is 0 Å². The minimum absolute atomic E-state index is 0.0913. The lowest BCUT2D eigenvalue weighted by Crippen LogP contribution is -2.32. The number of hydrogen-bond acceptors (Lipinski definition) is 3. The van der Waals surface area contributed by atoms with Gasteiger partial charge in [-0.3, -0.25) is 4.79 Å². The molecule has 1 unspecified atom stereocenters. The van der Waals surface area contributed by atoms with E-state index < -0.39 is 0 Å². The summed E-state index contributed by atoms with van der Waals surface area (Å²) in [5.41, 5.74) is 2.58. The standard InChI is InChI=1S/C18H17BrN2O2/c1-21(12-13-7-9-15(19)10-8-13)18(22)16-11-17(23-20-16)14-5-3-2-4-6-14/h2-10,17H,11-12H2,1H3. The Kier molecular flexibility index (Phi) is 4.76. The zero-order valence-electron chi connectivity index (χ0n) is 12.8. The van der Waals surface area contributed by atoms with Gasteiger partial charge in [0.1, 0.15) is 5.71 Å². The van der Waals surface area contributed by atoms with E-state index in [2.05, 4.69) is 21.1 Å². The van der Waals surface area contributed by atoms with Crippen LogP contribution in [-0.4, -0.2) is 23.6 Å². The summed E-state index contributed by atoms with van der Waals surface area (Å²) in [6.45, 7) is 0.543. The van der Waals surface area contributed by atoms with Crippen LogP contribution in [0.2, 0.25) is 0 Å². The van der Waals surface area contributed by atoms with E-state index in [0.29, 0.717) is 18.7 Å². The molecule has 1 amide bonds. The van der Waals surface area contributed by atoms with Gasteiger partial charge in [-0.05, 0) is 23.3 Å². The molecule has 0 aliphatic carbocycles. The molecule has 0 spiro atoms. The second-order valence-corrected chi connectivity index (χ2v) is 6.45. The van der Waals surface area contributed by atoms with Crippen LogP contribution in [0.3, 0.4) is 0 Å². The third-order valence-corrected chi connectivity index (χ3v) is 4.30. The molecule has 0 N–H and O–H groups in total. The summed E-state index contributed by atoms with van der Waals surface area (Å²) >= 11 is 3.41. The van der Waals surface area contributed by atoms with E-state index in [9.17, 15) is 4.79 Å². The molecule has 1 heterocycles. The summed E-state index contributed by atoms with van der Waals surface area (Å²) < 4.78 is 1.02. The van der Waals surface area contributed by atoms with Crippen molar-refractivity contribution < 1.29 is 9.63 Å². The van der Waals surface area contributed by atoms with Crippen LogP contribution < -0.4 is 0 Å². The molecule has 2 aromatic rings. The molecule has 118 valence electrons. The zero-order valence-corrected chi connectivity index (χ0v) is 14.4. The molecule has 2 aromatic carbocycles. The Hall–Kier alpha value is -2.14. The first kappa shape index (κ1) is 15.7. The van der Waals surface area contributed by atoms with Crippen molar-refractivity contribution in [1.82, 2.24) is 4.90 Å². The summed E-state index contributed by atoms with van der Waals surface area (Å²) in [5.74, 6) is -0.0913. The summed E-state index contributed by atoms with van der Waals surface area (Å²) in [6, 6.07) is 17.8. The number of carbonyl (C=O) groups excluding carboxylic acids is 1. The number of rotatable bonds is 4. The number of oxime groups is 1. The molecule has 23 heavy (non-hydrogen) atoms. The number of halogens is 1. The Balaban J connectivity index is 1.61. The number of nitrogens with zero attached hydrogens (tertiary/aromatic N) is 2. The molecule has 1 aliphatic rings. The summed E-state index contributed by atoms with van der Waals surface area (Å²) in [7, 11) is 1.78. The second kappa shape index (κ2) is 6.96. The minimum Gasteiger partial charge on any atom is -0.387 e. The predicted molar refractivity (Wildman–Crippen MR) is 92.9 cm³/mol. The van der Waals surface area contributed by atoms with E-state index in [0.717, 1.165) is 15.6 Å². The van der Waals surface area contributed by atoms with Crippen LogP contribution in [0.4, 0.5) is 0 Å². The van der Waals surface area contributed by atoms with Crippen molar-refractivity contribution in [1.29, 1.82) is 0 Å². The molecule has 1 atom stereocenters. The fourth-order valence-corrected chi connectivity index (χ4v) is 2.77. The van der Waals surface area contributed by atoms with Crippen LogP contribution in [0.5, 0.6) is 0 Å². The highest BCUT2D eigenvalue weighted by molar-refractivity contribution is 9.10. The topological polar surface area (TPSA) is 41.9 Å². The monoisotopic (exact) mass is 372 g/mol. The molecular formula is C18H17BrN2O2. The highest BCUT2D eigenvalue weighted by Gasteiger charge is 2.29. The first-order valence-corrected chi connectivity index (χ1v) is 8.20. The van der Waals surface area contributed by atoms with Gasteiger partial charge < -0.3 is 9.74 Å². The molecule has 5 heteroatoms. The molecule has 3 rings (SSSR count). The molecule has 0 saturated heterocycles. The normalized spacial score (nSPS) is 16.6. The lowest BCUT2D eigenvalue weighted by Gasteiger charge is -2.16. The van der Waals surface area contributed by atoms with Crippen molar-refractivity contribution in [3.05, 3.63) is 70.2 Å². The number of carbonyl (C=O) groups is 1. The van der Waals surface area contributed by atoms with Gasteiger partial charge in [-0.1, -0.05) is 63.6 Å². The SMILES string of the molecule is CN(Cc1ccc(Br)cc1)C(=O)C1=NOC(c2ccccc2)C1. The molecule has 0 bridgehead atoms. The maximum absolute atomic E-state index is 12.5. The van der Waals surface area contributed by atoms with E-state index in [4.69, 9.17) is 4.84 Å². The van der Waals surface area contributed by atoms with Gasteiger partial charge in [-0.2, -0.15) is 0 Å². The smallest absolute Gasteiger partial charge is 0.271 e. The van der Waals surface area contributed by atoms with Gasteiger partial charge >= 0.3 is 0 Å². The summed E-state index contributed by atoms with van der Waals surface area (Å²) in [6.07, 6.45) is 0.337. The third kappa shape index (κ3) is 3.79. The van der Waals surface area contributed by atoms with Gasteiger partial charge in [0, 0.05) is 24.5 Å². The van der Waals surface area contributed by atoms with E-state index in [1.54, 1.807) is 11.9 Å². The molecule has 0 aromatic heterocycles. The van der Waals surface area contributed by atoms with Crippen LogP contribution in [0.25, 0.3) is 0 Å². The van der Waals surface area contributed by atoms with Crippen LogP contribution in [0, 0.1) is 0 Å². The van der Waals surface area contributed by atoms with Crippen LogP contribution in [0.1, 0.15) is 23.7 Å². The lowest BCUT2D eigenvalue weighted by molar-refractivity contribution is -0.123. The second-order valence-electron chi connectivity index (χ2n) is 5.53. The Labute approximate surface area is 143 Å².